The molecule has 0 bridgehead atoms. The van der Waals surface area contributed by atoms with Crippen LogP contribution in [-0.2, 0) is 4.74 Å². The van der Waals surface area contributed by atoms with Crippen molar-refractivity contribution in [1.82, 2.24) is 4.90 Å². The summed E-state index contributed by atoms with van der Waals surface area (Å²) in [5.74, 6) is 0. The van der Waals surface area contributed by atoms with E-state index in [1.54, 1.807) is 12.2 Å². The Morgan fingerprint density at radius 1 is 1.08 bits per heavy atom. The van der Waals surface area contributed by atoms with E-state index in [0.29, 0.717) is 13.2 Å². The van der Waals surface area contributed by atoms with Gasteiger partial charge in [0.25, 0.3) is 0 Å². The van der Waals surface area contributed by atoms with Crippen LogP contribution in [0, 0.1) is 0 Å². The highest BCUT2D eigenvalue weighted by molar-refractivity contribution is 5.85. The zero-order valence-electron chi connectivity index (χ0n) is 8.25. The number of ether oxygens (including phenoxy) is 1. The van der Waals surface area contributed by atoms with Crippen LogP contribution in [0.5, 0.6) is 0 Å². The van der Waals surface area contributed by atoms with Gasteiger partial charge in [-0.05, 0) is 21.1 Å². The third kappa shape index (κ3) is 53.7. The summed E-state index contributed by atoms with van der Waals surface area (Å²) in [6, 6.07) is 0. The van der Waals surface area contributed by atoms with Gasteiger partial charge >= 0.3 is 0 Å². The van der Waals surface area contributed by atoms with Crippen molar-refractivity contribution in [2.45, 2.75) is 0 Å². The summed E-state index contributed by atoms with van der Waals surface area (Å²) in [5, 5.41) is 0. The zero-order valence-corrected chi connectivity index (χ0v) is 9.06. The van der Waals surface area contributed by atoms with E-state index in [9.17, 15) is 0 Å². The van der Waals surface area contributed by atoms with E-state index in [1.807, 2.05) is 26.0 Å². The topological polar surface area (TPSA) is 12.5 Å². The molecule has 0 amide bonds. The molecule has 0 aromatic heterocycles. The van der Waals surface area contributed by atoms with Gasteiger partial charge in [-0.3, -0.25) is 0 Å². The molecule has 0 spiro atoms. The number of rotatable bonds is 4. The molecular formula is C9H20ClNO. The SMILES string of the molecule is C=CCOCC=C.CN(C)C.Cl. The molecule has 0 aromatic carbocycles. The van der Waals surface area contributed by atoms with Gasteiger partial charge in [-0.1, -0.05) is 12.2 Å². The minimum absolute atomic E-state index is 0. The maximum absolute atomic E-state index is 4.90. The highest BCUT2D eigenvalue weighted by atomic mass is 35.5. The minimum atomic E-state index is 0. The molecule has 0 radical (unpaired) electrons. The molecule has 0 fully saturated rings. The number of halogens is 1. The van der Waals surface area contributed by atoms with E-state index in [0.717, 1.165) is 0 Å². The smallest absolute Gasteiger partial charge is 0.0649 e. The first-order valence-corrected chi connectivity index (χ1v) is 3.55. The number of nitrogens with zero attached hydrogens (tertiary/aromatic N) is 1. The molecule has 0 aliphatic heterocycles. The largest absolute Gasteiger partial charge is 0.373 e. The van der Waals surface area contributed by atoms with Gasteiger partial charge in [0, 0.05) is 0 Å². The van der Waals surface area contributed by atoms with Crippen molar-refractivity contribution in [2.24, 2.45) is 0 Å². The lowest BCUT2D eigenvalue weighted by atomic mass is 10.6. The fourth-order valence-electron chi connectivity index (χ4n) is 0.235. The van der Waals surface area contributed by atoms with E-state index in [2.05, 4.69) is 13.2 Å². The summed E-state index contributed by atoms with van der Waals surface area (Å²) in [4.78, 5) is 2.00. The van der Waals surface area contributed by atoms with Gasteiger partial charge in [-0.25, -0.2) is 0 Å². The lowest BCUT2D eigenvalue weighted by molar-refractivity contribution is 0.194. The van der Waals surface area contributed by atoms with Gasteiger partial charge in [0.05, 0.1) is 13.2 Å². The Morgan fingerprint density at radius 3 is 1.50 bits per heavy atom. The Balaban J connectivity index is -0.000000142. The van der Waals surface area contributed by atoms with E-state index in [-0.39, 0.29) is 12.4 Å². The fraction of sp³-hybridized carbons (Fsp3) is 0.556. The van der Waals surface area contributed by atoms with Crippen LogP contribution in [0.4, 0.5) is 0 Å². The molecule has 0 rings (SSSR count). The first kappa shape index (κ1) is 17.7. The van der Waals surface area contributed by atoms with Crippen LogP contribution in [0.3, 0.4) is 0 Å². The molecule has 0 aliphatic carbocycles. The number of hydrogen-bond donors (Lipinski definition) is 0. The van der Waals surface area contributed by atoms with E-state index >= 15 is 0 Å². The fourth-order valence-corrected chi connectivity index (χ4v) is 0.235. The summed E-state index contributed by atoms with van der Waals surface area (Å²) in [5.41, 5.74) is 0. The van der Waals surface area contributed by atoms with Crippen molar-refractivity contribution in [3.63, 3.8) is 0 Å². The lowest BCUT2D eigenvalue weighted by Crippen LogP contribution is -1.99. The molecule has 0 saturated heterocycles. The quantitative estimate of drug-likeness (QED) is 0.500. The second kappa shape index (κ2) is 17.0. The molecule has 0 atom stereocenters. The van der Waals surface area contributed by atoms with Crippen LogP contribution in [-0.4, -0.2) is 39.3 Å². The summed E-state index contributed by atoms with van der Waals surface area (Å²) < 4.78 is 4.90. The second-order valence-electron chi connectivity index (χ2n) is 2.46. The van der Waals surface area contributed by atoms with Crippen LogP contribution in [0.2, 0.25) is 0 Å². The third-order valence-electron chi connectivity index (χ3n) is 0.471. The Bertz CT molecular complexity index is 83.8. The summed E-state index contributed by atoms with van der Waals surface area (Å²) >= 11 is 0. The van der Waals surface area contributed by atoms with Crippen LogP contribution in [0.15, 0.2) is 25.3 Å². The highest BCUT2D eigenvalue weighted by Crippen LogP contribution is 1.72. The molecular weight excluding hydrogens is 174 g/mol. The Morgan fingerprint density at radius 2 is 1.33 bits per heavy atom. The van der Waals surface area contributed by atoms with E-state index < -0.39 is 0 Å². The van der Waals surface area contributed by atoms with Crippen molar-refractivity contribution in [3.05, 3.63) is 25.3 Å². The molecule has 12 heavy (non-hydrogen) atoms. The van der Waals surface area contributed by atoms with Crippen LogP contribution >= 0.6 is 12.4 Å². The molecule has 0 aliphatic rings. The van der Waals surface area contributed by atoms with Crippen LogP contribution in [0.1, 0.15) is 0 Å². The number of hydrogen-bond acceptors (Lipinski definition) is 2. The molecule has 3 heteroatoms. The second-order valence-corrected chi connectivity index (χ2v) is 2.46. The van der Waals surface area contributed by atoms with Gasteiger partial charge < -0.3 is 9.64 Å². The predicted octanol–water partition coefficient (Wildman–Crippen LogP) is 1.97. The van der Waals surface area contributed by atoms with Gasteiger partial charge in [0.2, 0.25) is 0 Å². The minimum Gasteiger partial charge on any atom is -0.373 e. The first-order chi connectivity index (χ1) is 5.15. The van der Waals surface area contributed by atoms with Crippen LogP contribution < -0.4 is 0 Å². The van der Waals surface area contributed by atoms with Gasteiger partial charge in [0.15, 0.2) is 0 Å². The monoisotopic (exact) mass is 193 g/mol. The van der Waals surface area contributed by atoms with Crippen molar-refractivity contribution in [2.75, 3.05) is 34.4 Å². The maximum atomic E-state index is 4.90. The van der Waals surface area contributed by atoms with Crippen molar-refractivity contribution < 1.29 is 4.74 Å². The summed E-state index contributed by atoms with van der Waals surface area (Å²) in [6.07, 6.45) is 3.42. The molecule has 0 saturated carbocycles. The highest BCUT2D eigenvalue weighted by Gasteiger charge is 1.70. The standard InChI is InChI=1S/C6H10O.C3H9N.ClH/c1-3-5-7-6-4-2;1-4(2)3;/h3-4H,1-2,5-6H2;1-3H3;1H. The van der Waals surface area contributed by atoms with Crippen molar-refractivity contribution in [1.29, 1.82) is 0 Å². The Hall–Kier alpha value is -0.310. The molecule has 74 valence electrons. The maximum Gasteiger partial charge on any atom is 0.0649 e. The molecule has 2 nitrogen and oxygen atoms in total. The van der Waals surface area contributed by atoms with Crippen molar-refractivity contribution in [3.8, 4) is 0 Å². The molecule has 0 N–H and O–H groups in total. The average Bonchev–Trinajstić information content (AvgIpc) is 1.88. The third-order valence-corrected chi connectivity index (χ3v) is 0.471. The molecule has 0 heterocycles. The van der Waals surface area contributed by atoms with Crippen molar-refractivity contribution >= 4 is 12.4 Å². The van der Waals surface area contributed by atoms with Crippen LogP contribution in [0.25, 0.3) is 0 Å². The average molecular weight is 194 g/mol. The first-order valence-electron chi connectivity index (χ1n) is 3.55. The van der Waals surface area contributed by atoms with Gasteiger partial charge in [0.1, 0.15) is 0 Å². The summed E-state index contributed by atoms with van der Waals surface area (Å²) in [6.45, 7) is 8.18. The Kier molecular flexibility index (Phi) is 25.0. The van der Waals surface area contributed by atoms with E-state index in [4.69, 9.17) is 4.74 Å². The van der Waals surface area contributed by atoms with E-state index in [1.165, 1.54) is 0 Å². The Labute approximate surface area is 82.3 Å². The molecule has 0 aromatic rings. The predicted molar refractivity (Wildman–Crippen MR) is 58.1 cm³/mol. The lowest BCUT2D eigenvalue weighted by Gasteiger charge is -1.90. The summed E-state index contributed by atoms with van der Waals surface area (Å²) in [7, 11) is 6.00. The zero-order chi connectivity index (χ0) is 9.11. The van der Waals surface area contributed by atoms with Gasteiger partial charge in [-0.2, -0.15) is 0 Å². The normalized spacial score (nSPS) is 7.67. The molecule has 0 unspecified atom stereocenters. The van der Waals surface area contributed by atoms with Gasteiger partial charge in [-0.15, -0.1) is 25.6 Å².